The minimum absolute atomic E-state index is 0.525. The van der Waals surface area contributed by atoms with Crippen LogP contribution in [0.2, 0.25) is 0 Å². The lowest BCUT2D eigenvalue weighted by molar-refractivity contribution is -0.355. The van der Waals surface area contributed by atoms with Gasteiger partial charge in [-0.3, -0.25) is 4.79 Å². The Morgan fingerprint density at radius 1 is 0.964 bits per heavy atom. The number of hydrogen-bond donors (Lipinski definition) is 8. The summed E-state index contributed by atoms with van der Waals surface area (Å²) in [5.41, 5.74) is 5.38. The van der Waals surface area contributed by atoms with Crippen molar-refractivity contribution in [3.63, 3.8) is 0 Å². The van der Waals surface area contributed by atoms with Crippen LogP contribution in [0.25, 0.3) is 0 Å². The van der Waals surface area contributed by atoms with E-state index in [2.05, 4.69) is 0 Å². The standard InChI is InChI=1S/C15H27NO12/c1-4(16)13(23)25-3-6-12(9(20)10(21)14(24)26-6)28-15-11(22)8(19)7(18)5(2-17)27-15/h4-12,14-15,17-22,24H,2-3,16H2,1H3/t4-,5+,6+,7-,8-,9+,10+,11+,12+,14?,15-/m0/s1. The van der Waals surface area contributed by atoms with Gasteiger partial charge < -0.3 is 60.4 Å². The fourth-order valence-corrected chi connectivity index (χ4v) is 2.85. The van der Waals surface area contributed by atoms with Crippen LogP contribution in [0.3, 0.4) is 0 Å². The largest absolute Gasteiger partial charge is 0.462 e. The predicted octanol–water partition coefficient (Wildman–Crippen LogP) is -5.50. The quantitative estimate of drug-likeness (QED) is 0.191. The van der Waals surface area contributed by atoms with Gasteiger partial charge in [-0.05, 0) is 6.92 Å². The molecule has 13 heteroatoms. The number of aliphatic hydroxyl groups is 7. The predicted molar refractivity (Wildman–Crippen MR) is 86.1 cm³/mol. The molecule has 11 atom stereocenters. The Kier molecular flexibility index (Phi) is 8.06. The molecular weight excluding hydrogens is 386 g/mol. The first-order valence-corrected chi connectivity index (χ1v) is 8.66. The number of rotatable bonds is 6. The summed E-state index contributed by atoms with van der Waals surface area (Å²) in [4.78, 5) is 11.6. The van der Waals surface area contributed by atoms with E-state index in [-0.39, 0.29) is 0 Å². The molecule has 2 heterocycles. The molecule has 0 aliphatic carbocycles. The van der Waals surface area contributed by atoms with E-state index in [0.29, 0.717) is 0 Å². The van der Waals surface area contributed by atoms with Crippen molar-refractivity contribution in [2.24, 2.45) is 5.73 Å². The molecule has 0 aromatic carbocycles. The average molecular weight is 413 g/mol. The van der Waals surface area contributed by atoms with Crippen molar-refractivity contribution in [1.82, 2.24) is 0 Å². The normalized spacial score (nSPS) is 45.5. The van der Waals surface area contributed by atoms with Crippen molar-refractivity contribution in [2.75, 3.05) is 13.2 Å². The Bertz CT molecular complexity index is 519. The van der Waals surface area contributed by atoms with Gasteiger partial charge in [-0.1, -0.05) is 0 Å². The van der Waals surface area contributed by atoms with E-state index in [9.17, 15) is 40.5 Å². The Hall–Kier alpha value is -0.970. The summed E-state index contributed by atoms with van der Waals surface area (Å²) in [6, 6.07) is -0.950. The summed E-state index contributed by atoms with van der Waals surface area (Å²) in [5, 5.41) is 68.6. The highest BCUT2D eigenvalue weighted by atomic mass is 16.7. The molecule has 9 N–H and O–H groups in total. The first kappa shape index (κ1) is 23.3. The van der Waals surface area contributed by atoms with Crippen LogP contribution in [-0.2, 0) is 23.7 Å². The zero-order valence-corrected chi connectivity index (χ0v) is 15.0. The van der Waals surface area contributed by atoms with Crippen LogP contribution in [0.15, 0.2) is 0 Å². The lowest BCUT2D eigenvalue weighted by atomic mass is 9.97. The van der Waals surface area contributed by atoms with Gasteiger partial charge in [-0.2, -0.15) is 0 Å². The summed E-state index contributed by atoms with van der Waals surface area (Å²) in [6.07, 6.45) is -16.2. The van der Waals surface area contributed by atoms with Gasteiger partial charge in [0, 0.05) is 0 Å². The summed E-state index contributed by atoms with van der Waals surface area (Å²) in [6.45, 7) is 0.147. The molecule has 0 aromatic rings. The third-order valence-corrected chi connectivity index (χ3v) is 4.56. The van der Waals surface area contributed by atoms with Gasteiger partial charge >= 0.3 is 5.97 Å². The molecule has 2 fully saturated rings. The van der Waals surface area contributed by atoms with Crippen LogP contribution in [0.1, 0.15) is 6.92 Å². The van der Waals surface area contributed by atoms with E-state index in [1.165, 1.54) is 6.92 Å². The average Bonchev–Trinajstić information content (AvgIpc) is 2.66. The Morgan fingerprint density at radius 3 is 2.18 bits per heavy atom. The molecule has 0 amide bonds. The molecule has 164 valence electrons. The minimum atomic E-state index is -1.82. The number of carbonyl (C=O) groups is 1. The SMILES string of the molecule is C[C@H](N)C(=O)OC[C@H]1OC(O)[C@H](O)[C@@H](O)[C@@H]1O[C@@H]1O[C@H](CO)[C@H](O)[C@H](O)[C@H]1O. The van der Waals surface area contributed by atoms with E-state index in [1.807, 2.05) is 0 Å². The molecule has 0 spiro atoms. The van der Waals surface area contributed by atoms with Gasteiger partial charge in [0.1, 0.15) is 61.5 Å². The van der Waals surface area contributed by atoms with Gasteiger partial charge in [0.15, 0.2) is 12.6 Å². The number of ether oxygens (including phenoxy) is 4. The maximum absolute atomic E-state index is 11.6. The monoisotopic (exact) mass is 413 g/mol. The van der Waals surface area contributed by atoms with Crippen LogP contribution < -0.4 is 5.73 Å². The molecule has 0 saturated carbocycles. The fourth-order valence-electron chi connectivity index (χ4n) is 2.85. The molecular formula is C15H27NO12. The van der Waals surface area contributed by atoms with Gasteiger partial charge in [0.05, 0.1) is 6.61 Å². The smallest absolute Gasteiger partial charge is 0.322 e. The number of hydrogen-bond acceptors (Lipinski definition) is 13. The third kappa shape index (κ3) is 4.95. The number of nitrogens with two attached hydrogens (primary N) is 1. The lowest BCUT2D eigenvalue weighted by Crippen LogP contribution is -2.64. The highest BCUT2D eigenvalue weighted by Crippen LogP contribution is 2.28. The second kappa shape index (κ2) is 9.69. The van der Waals surface area contributed by atoms with Crippen molar-refractivity contribution < 1.29 is 59.5 Å². The maximum Gasteiger partial charge on any atom is 0.322 e. The maximum atomic E-state index is 11.6. The number of esters is 1. The molecule has 2 saturated heterocycles. The Balaban J connectivity index is 2.14. The second-order valence-corrected chi connectivity index (χ2v) is 6.76. The van der Waals surface area contributed by atoms with Crippen LogP contribution in [0, 0.1) is 0 Å². The lowest BCUT2D eigenvalue weighted by Gasteiger charge is -2.45. The van der Waals surface area contributed by atoms with Gasteiger partial charge in [0.2, 0.25) is 0 Å². The molecule has 1 unspecified atom stereocenters. The minimum Gasteiger partial charge on any atom is -0.462 e. The van der Waals surface area contributed by atoms with Gasteiger partial charge in [-0.15, -0.1) is 0 Å². The summed E-state index contributed by atoms with van der Waals surface area (Å²) >= 11 is 0. The van der Waals surface area contributed by atoms with E-state index < -0.39 is 86.6 Å². The van der Waals surface area contributed by atoms with E-state index in [0.717, 1.165) is 0 Å². The van der Waals surface area contributed by atoms with Crippen LogP contribution in [0.4, 0.5) is 0 Å². The first-order chi connectivity index (χ1) is 13.1. The molecule has 28 heavy (non-hydrogen) atoms. The van der Waals surface area contributed by atoms with E-state index >= 15 is 0 Å². The van der Waals surface area contributed by atoms with Crippen molar-refractivity contribution >= 4 is 5.97 Å². The van der Waals surface area contributed by atoms with Crippen molar-refractivity contribution in [3.8, 4) is 0 Å². The van der Waals surface area contributed by atoms with Crippen LogP contribution in [-0.4, -0.2) is 122 Å². The van der Waals surface area contributed by atoms with Gasteiger partial charge in [-0.25, -0.2) is 0 Å². The molecule has 0 aromatic heterocycles. The van der Waals surface area contributed by atoms with Crippen molar-refractivity contribution in [3.05, 3.63) is 0 Å². The molecule has 2 rings (SSSR count). The van der Waals surface area contributed by atoms with Crippen LogP contribution in [0.5, 0.6) is 0 Å². The van der Waals surface area contributed by atoms with E-state index in [4.69, 9.17) is 24.7 Å². The molecule has 13 nitrogen and oxygen atoms in total. The van der Waals surface area contributed by atoms with Crippen molar-refractivity contribution in [1.29, 1.82) is 0 Å². The Morgan fingerprint density at radius 2 is 1.61 bits per heavy atom. The molecule has 2 aliphatic heterocycles. The third-order valence-electron chi connectivity index (χ3n) is 4.56. The van der Waals surface area contributed by atoms with Crippen molar-refractivity contribution in [2.45, 2.75) is 74.4 Å². The van der Waals surface area contributed by atoms with E-state index in [1.54, 1.807) is 0 Å². The fraction of sp³-hybridized carbons (Fsp3) is 0.933. The summed E-state index contributed by atoms with van der Waals surface area (Å²) in [7, 11) is 0. The Labute approximate surface area is 159 Å². The molecule has 0 bridgehead atoms. The van der Waals surface area contributed by atoms with Crippen LogP contribution >= 0.6 is 0 Å². The first-order valence-electron chi connectivity index (χ1n) is 8.66. The molecule has 2 aliphatic rings. The highest BCUT2D eigenvalue weighted by Gasteiger charge is 2.50. The summed E-state index contributed by atoms with van der Waals surface area (Å²) < 4.78 is 20.6. The highest BCUT2D eigenvalue weighted by molar-refractivity contribution is 5.74. The molecule has 0 radical (unpaired) electrons. The number of aliphatic hydroxyl groups excluding tert-OH is 7. The number of carbonyl (C=O) groups excluding carboxylic acids is 1. The van der Waals surface area contributed by atoms with Gasteiger partial charge in [0.25, 0.3) is 0 Å². The second-order valence-electron chi connectivity index (χ2n) is 6.76. The topological polar surface area (TPSA) is 222 Å². The zero-order chi connectivity index (χ0) is 21.2. The summed E-state index contributed by atoms with van der Waals surface area (Å²) in [5.74, 6) is -0.801. The zero-order valence-electron chi connectivity index (χ0n) is 15.0.